The highest BCUT2D eigenvalue weighted by molar-refractivity contribution is 6.07. The molecule has 0 saturated carbocycles. The van der Waals surface area contributed by atoms with Crippen LogP contribution in [0.4, 0.5) is 15.9 Å². The molecule has 1 fully saturated rings. The minimum Gasteiger partial charge on any atom is -0.497 e. The van der Waals surface area contributed by atoms with Crippen molar-refractivity contribution in [3.63, 3.8) is 0 Å². The second-order valence-electron chi connectivity index (χ2n) is 8.40. The Hall–Kier alpha value is -4.20. The van der Waals surface area contributed by atoms with Crippen LogP contribution in [0.3, 0.4) is 0 Å². The number of ether oxygens (including phenoxy) is 1. The molecule has 1 N–H and O–H groups in total. The summed E-state index contributed by atoms with van der Waals surface area (Å²) in [4.78, 5) is 17.5. The number of hydrogen-bond acceptors (Lipinski definition) is 6. The summed E-state index contributed by atoms with van der Waals surface area (Å²) in [5, 5.41) is 13.3. The molecule has 0 radical (unpaired) electrons. The molecule has 1 aliphatic rings. The lowest BCUT2D eigenvalue weighted by molar-refractivity contribution is 0.0947. The first-order chi connectivity index (χ1) is 17.1. The van der Waals surface area contributed by atoms with Crippen molar-refractivity contribution >= 4 is 28.2 Å². The quantitative estimate of drug-likeness (QED) is 0.458. The molecule has 0 atom stereocenters. The van der Waals surface area contributed by atoms with E-state index in [4.69, 9.17) is 4.74 Å². The highest BCUT2D eigenvalue weighted by Crippen LogP contribution is 2.28. The average Bonchev–Trinajstić information content (AvgIpc) is 2.92. The number of anilines is 2. The van der Waals surface area contributed by atoms with Crippen molar-refractivity contribution in [3.8, 4) is 5.75 Å². The van der Waals surface area contributed by atoms with Gasteiger partial charge in [0.2, 0.25) is 0 Å². The van der Waals surface area contributed by atoms with Crippen molar-refractivity contribution in [2.24, 2.45) is 0 Å². The van der Waals surface area contributed by atoms with E-state index in [0.29, 0.717) is 0 Å². The van der Waals surface area contributed by atoms with Crippen molar-refractivity contribution in [3.05, 3.63) is 89.9 Å². The molecule has 1 aromatic heterocycles. The lowest BCUT2D eigenvalue weighted by atomic mass is 10.1. The molecular weight excluding hydrogens is 445 g/mol. The summed E-state index contributed by atoms with van der Waals surface area (Å²) in [6.07, 6.45) is 0. The second-order valence-corrected chi connectivity index (χ2v) is 8.40. The van der Waals surface area contributed by atoms with E-state index < -0.39 is 0 Å². The number of amides is 1. The van der Waals surface area contributed by atoms with Gasteiger partial charge in [-0.1, -0.05) is 42.5 Å². The summed E-state index contributed by atoms with van der Waals surface area (Å²) in [6, 6.07) is 21.8. The smallest absolute Gasteiger partial charge is 0.272 e. The molecule has 4 aromatic rings. The van der Waals surface area contributed by atoms with Gasteiger partial charge in [-0.3, -0.25) is 4.79 Å². The molecule has 35 heavy (non-hydrogen) atoms. The standard InChI is InChI=1S/C27H26FN5O2/c1-35-22-6-4-5-21(17-22)32-13-15-33(16-14-32)26-24-8-3-2-7-23(24)25(30-31-26)27(34)29-18-19-9-11-20(28)12-10-19/h2-12,17H,13-16,18H2,1H3,(H,29,34). The minimum absolute atomic E-state index is 0.279. The van der Waals surface area contributed by atoms with Crippen LogP contribution in [0.1, 0.15) is 16.1 Å². The van der Waals surface area contributed by atoms with E-state index >= 15 is 0 Å². The van der Waals surface area contributed by atoms with E-state index in [0.717, 1.165) is 59.8 Å². The van der Waals surface area contributed by atoms with E-state index in [9.17, 15) is 9.18 Å². The number of nitrogens with zero attached hydrogens (tertiary/aromatic N) is 4. The predicted molar refractivity (Wildman–Crippen MR) is 135 cm³/mol. The Morgan fingerprint density at radius 1 is 0.914 bits per heavy atom. The second kappa shape index (κ2) is 9.97. The van der Waals surface area contributed by atoms with E-state index in [2.05, 4.69) is 31.4 Å². The Kier molecular flexibility index (Phi) is 6.43. The third-order valence-electron chi connectivity index (χ3n) is 6.25. The number of carbonyl (C=O) groups excluding carboxylic acids is 1. The van der Waals surface area contributed by atoms with E-state index in [1.807, 2.05) is 42.5 Å². The van der Waals surface area contributed by atoms with Gasteiger partial charge in [0.15, 0.2) is 11.5 Å². The molecule has 8 heteroatoms. The van der Waals surface area contributed by atoms with Gasteiger partial charge in [-0.25, -0.2) is 4.39 Å². The molecule has 0 unspecified atom stereocenters. The predicted octanol–water partition coefficient (Wildman–Crippen LogP) is 4.03. The number of nitrogens with one attached hydrogen (secondary N) is 1. The molecule has 1 aliphatic heterocycles. The summed E-state index contributed by atoms with van der Waals surface area (Å²) in [5.74, 6) is 1.00. The first-order valence-corrected chi connectivity index (χ1v) is 11.5. The normalized spacial score (nSPS) is 13.7. The SMILES string of the molecule is COc1cccc(N2CCN(c3nnc(C(=O)NCc4ccc(F)cc4)c4ccccc34)CC2)c1. The monoisotopic (exact) mass is 471 g/mol. The number of fused-ring (bicyclic) bond motifs is 1. The molecule has 0 bridgehead atoms. The molecule has 0 aliphatic carbocycles. The maximum Gasteiger partial charge on any atom is 0.272 e. The van der Waals surface area contributed by atoms with Crippen LogP contribution in [-0.2, 0) is 6.54 Å². The van der Waals surface area contributed by atoms with Gasteiger partial charge in [0.05, 0.1) is 7.11 Å². The third-order valence-corrected chi connectivity index (χ3v) is 6.25. The highest BCUT2D eigenvalue weighted by atomic mass is 19.1. The van der Waals surface area contributed by atoms with Gasteiger partial charge in [-0.05, 0) is 29.8 Å². The lowest BCUT2D eigenvalue weighted by Crippen LogP contribution is -2.47. The topological polar surface area (TPSA) is 70.6 Å². The number of methoxy groups -OCH3 is 1. The largest absolute Gasteiger partial charge is 0.497 e. The number of carbonyl (C=O) groups is 1. The summed E-state index contributed by atoms with van der Waals surface area (Å²) in [6.45, 7) is 3.52. The zero-order valence-corrected chi connectivity index (χ0v) is 19.4. The maximum absolute atomic E-state index is 13.1. The number of aromatic nitrogens is 2. The van der Waals surface area contributed by atoms with Crippen LogP contribution >= 0.6 is 0 Å². The number of piperazine rings is 1. The van der Waals surface area contributed by atoms with Gasteiger partial charge in [-0.15, -0.1) is 10.2 Å². The van der Waals surface area contributed by atoms with Crippen LogP contribution < -0.4 is 19.9 Å². The van der Waals surface area contributed by atoms with Crippen LogP contribution in [-0.4, -0.2) is 49.4 Å². The molecule has 2 heterocycles. The number of benzene rings is 3. The molecule has 1 saturated heterocycles. The van der Waals surface area contributed by atoms with Crippen LogP contribution in [0.15, 0.2) is 72.8 Å². The van der Waals surface area contributed by atoms with E-state index in [1.165, 1.54) is 12.1 Å². The third kappa shape index (κ3) is 4.87. The van der Waals surface area contributed by atoms with Gasteiger partial charge in [0, 0.05) is 55.2 Å². The highest BCUT2D eigenvalue weighted by Gasteiger charge is 2.23. The van der Waals surface area contributed by atoms with Crippen molar-refractivity contribution in [2.75, 3.05) is 43.1 Å². The molecule has 1 amide bonds. The molecular formula is C27H26FN5O2. The van der Waals surface area contributed by atoms with Crippen molar-refractivity contribution in [1.29, 1.82) is 0 Å². The Morgan fingerprint density at radius 3 is 2.37 bits per heavy atom. The fraction of sp³-hybridized carbons (Fsp3) is 0.222. The van der Waals surface area contributed by atoms with Crippen LogP contribution in [0.2, 0.25) is 0 Å². The molecule has 0 spiro atoms. The Balaban J connectivity index is 1.32. The van der Waals surface area contributed by atoms with Crippen molar-refractivity contribution < 1.29 is 13.9 Å². The molecule has 3 aromatic carbocycles. The lowest BCUT2D eigenvalue weighted by Gasteiger charge is -2.37. The first-order valence-electron chi connectivity index (χ1n) is 11.5. The maximum atomic E-state index is 13.1. The summed E-state index contributed by atoms with van der Waals surface area (Å²) in [5.41, 5.74) is 2.22. The number of halogens is 1. The molecule has 5 rings (SSSR count). The van der Waals surface area contributed by atoms with Gasteiger partial charge >= 0.3 is 0 Å². The van der Waals surface area contributed by atoms with E-state index in [1.54, 1.807) is 19.2 Å². The van der Waals surface area contributed by atoms with Gasteiger partial charge in [-0.2, -0.15) is 0 Å². The van der Waals surface area contributed by atoms with Gasteiger partial charge in [0.1, 0.15) is 11.6 Å². The Bertz CT molecular complexity index is 1340. The summed E-state index contributed by atoms with van der Waals surface area (Å²) >= 11 is 0. The Morgan fingerprint density at radius 2 is 1.63 bits per heavy atom. The van der Waals surface area contributed by atoms with Crippen LogP contribution in [0, 0.1) is 5.82 Å². The average molecular weight is 472 g/mol. The number of hydrogen-bond donors (Lipinski definition) is 1. The first kappa shape index (κ1) is 22.6. The van der Waals surface area contributed by atoms with E-state index in [-0.39, 0.29) is 24.0 Å². The van der Waals surface area contributed by atoms with Gasteiger partial charge in [0.25, 0.3) is 5.91 Å². The fourth-order valence-corrected chi connectivity index (χ4v) is 4.34. The molecule has 7 nitrogen and oxygen atoms in total. The molecule has 178 valence electrons. The minimum atomic E-state index is -0.313. The Labute approximate surface area is 203 Å². The van der Waals surface area contributed by atoms with Crippen molar-refractivity contribution in [1.82, 2.24) is 15.5 Å². The summed E-state index contributed by atoms with van der Waals surface area (Å²) in [7, 11) is 1.67. The zero-order chi connectivity index (χ0) is 24.2. The van der Waals surface area contributed by atoms with Crippen LogP contribution in [0.25, 0.3) is 10.8 Å². The van der Waals surface area contributed by atoms with Crippen molar-refractivity contribution in [2.45, 2.75) is 6.54 Å². The van der Waals surface area contributed by atoms with Gasteiger partial charge < -0.3 is 19.9 Å². The fourth-order valence-electron chi connectivity index (χ4n) is 4.34. The van der Waals surface area contributed by atoms with Crippen LogP contribution in [0.5, 0.6) is 5.75 Å². The number of rotatable bonds is 6. The zero-order valence-electron chi connectivity index (χ0n) is 19.4. The summed E-state index contributed by atoms with van der Waals surface area (Å²) < 4.78 is 18.5.